The van der Waals surface area contributed by atoms with Gasteiger partial charge in [0.15, 0.2) is 5.76 Å². The third-order valence-electron chi connectivity index (χ3n) is 5.57. The van der Waals surface area contributed by atoms with Crippen LogP contribution < -0.4 is 10.6 Å². The van der Waals surface area contributed by atoms with Gasteiger partial charge in [0.25, 0.3) is 11.6 Å². The molecule has 0 saturated carbocycles. The summed E-state index contributed by atoms with van der Waals surface area (Å²) in [4.78, 5) is 27.0. The van der Waals surface area contributed by atoms with Crippen molar-refractivity contribution in [2.45, 2.75) is 32.0 Å². The van der Waals surface area contributed by atoms with Gasteiger partial charge < -0.3 is 25.2 Å². The lowest BCUT2D eigenvalue weighted by atomic mass is 9.80. The van der Waals surface area contributed by atoms with Gasteiger partial charge in [-0.05, 0) is 49.6 Å². The first-order chi connectivity index (χ1) is 16.9. The molecule has 0 fully saturated rings. The van der Waals surface area contributed by atoms with Crippen molar-refractivity contribution in [2.75, 3.05) is 31.6 Å². The number of aliphatic hydroxyl groups excluding tert-OH is 1. The van der Waals surface area contributed by atoms with E-state index in [1.807, 2.05) is 6.92 Å². The summed E-state index contributed by atoms with van der Waals surface area (Å²) in [5.41, 5.74) is 0.709. The Balaban J connectivity index is 1.67. The quantitative estimate of drug-likeness (QED) is 0.236. The minimum absolute atomic E-state index is 0.0131. The number of aliphatic hydroxyl groups is 1. The van der Waals surface area contributed by atoms with Crippen LogP contribution in [-0.4, -0.2) is 53.5 Å². The van der Waals surface area contributed by atoms with E-state index >= 15 is 0 Å². The second-order valence-electron chi connectivity index (χ2n) is 7.92. The number of hydrogen-bond donors (Lipinski definition) is 3. The van der Waals surface area contributed by atoms with Gasteiger partial charge in [-0.3, -0.25) is 14.9 Å². The fourth-order valence-corrected chi connectivity index (χ4v) is 3.88. The van der Waals surface area contributed by atoms with Crippen LogP contribution >= 0.6 is 0 Å². The number of ether oxygens (including phenoxy) is 2. The number of anilines is 1. The molecule has 0 bridgehead atoms. The van der Waals surface area contributed by atoms with E-state index in [2.05, 4.69) is 15.6 Å². The molecular weight excluding hydrogens is 459 g/mol. The first kappa shape index (κ1) is 26.0. The van der Waals surface area contributed by atoms with Gasteiger partial charge in [-0.1, -0.05) is 12.1 Å². The Labute approximate surface area is 202 Å². The highest BCUT2D eigenvalue weighted by atomic mass is 19.1. The molecule has 0 radical (unpaired) electrons. The predicted octanol–water partition coefficient (Wildman–Crippen LogP) is 3.11. The Kier molecular flexibility index (Phi) is 9.50. The maximum absolute atomic E-state index is 13.5. The van der Waals surface area contributed by atoms with Crippen LogP contribution in [0.3, 0.4) is 0 Å². The number of amides is 1. The number of allylic oxidation sites excluding steroid dienone is 1. The highest BCUT2D eigenvalue weighted by molar-refractivity contribution is 5.91. The van der Waals surface area contributed by atoms with E-state index in [9.17, 15) is 24.4 Å². The molecule has 35 heavy (non-hydrogen) atoms. The van der Waals surface area contributed by atoms with Crippen molar-refractivity contribution in [2.24, 2.45) is 5.92 Å². The van der Waals surface area contributed by atoms with Gasteiger partial charge in [0.2, 0.25) is 6.29 Å². The fourth-order valence-electron chi connectivity index (χ4n) is 3.88. The van der Waals surface area contributed by atoms with Crippen molar-refractivity contribution >= 4 is 17.4 Å². The summed E-state index contributed by atoms with van der Waals surface area (Å²) >= 11 is 0. The standard InChI is InChI=1S/C24H29FN4O6/c1-2-34-24-19(4-3-13-30)20(16-5-7-17(25)8-6-16)14-21(35-24)23(31)27-12-11-26-22-10-9-18(15-28-22)29(32)33/h5-10,14-15,19-20,24,30H,2-4,11-13H2,1H3,(H,26,28)(H,27,31)/t19-,20+,24+/m0/s1. The molecule has 1 aromatic heterocycles. The number of carbonyl (C=O) groups is 1. The lowest BCUT2D eigenvalue weighted by Crippen LogP contribution is -2.39. The van der Waals surface area contributed by atoms with Gasteiger partial charge in [0.1, 0.15) is 17.8 Å². The van der Waals surface area contributed by atoms with E-state index in [4.69, 9.17) is 9.47 Å². The number of hydrogen-bond acceptors (Lipinski definition) is 8. The molecule has 0 spiro atoms. The summed E-state index contributed by atoms with van der Waals surface area (Å²) in [6, 6.07) is 8.91. The Bertz CT molecular complexity index is 1020. The van der Waals surface area contributed by atoms with Crippen molar-refractivity contribution < 1.29 is 28.7 Å². The summed E-state index contributed by atoms with van der Waals surface area (Å²) < 4.78 is 25.2. The molecule has 10 nitrogen and oxygen atoms in total. The van der Waals surface area contributed by atoms with Crippen molar-refractivity contribution in [1.29, 1.82) is 0 Å². The van der Waals surface area contributed by atoms with Gasteiger partial charge in [0.05, 0.1) is 4.92 Å². The van der Waals surface area contributed by atoms with Crippen LogP contribution in [0, 0.1) is 21.8 Å². The van der Waals surface area contributed by atoms with E-state index in [1.54, 1.807) is 18.2 Å². The highest BCUT2D eigenvalue weighted by Gasteiger charge is 2.37. The SMILES string of the molecule is CCO[C@@H]1OC(C(=O)NCCNc2ccc([N+](=O)[O-])cn2)=C[C@H](c2ccc(F)cc2)[C@@H]1CCCO. The molecule has 0 saturated heterocycles. The van der Waals surface area contributed by atoms with E-state index in [0.717, 1.165) is 11.8 Å². The molecule has 1 aromatic carbocycles. The summed E-state index contributed by atoms with van der Waals surface area (Å²) in [5.74, 6) is -0.675. The monoisotopic (exact) mass is 488 g/mol. The van der Waals surface area contributed by atoms with Crippen LogP contribution in [0.25, 0.3) is 0 Å². The molecule has 2 heterocycles. The van der Waals surface area contributed by atoms with Crippen molar-refractivity contribution in [3.63, 3.8) is 0 Å². The summed E-state index contributed by atoms with van der Waals surface area (Å²) in [6.45, 7) is 2.79. The second kappa shape index (κ2) is 12.8. The Morgan fingerprint density at radius 2 is 2.03 bits per heavy atom. The molecule has 3 N–H and O–H groups in total. The number of carbonyl (C=O) groups excluding carboxylic acids is 1. The van der Waals surface area contributed by atoms with Gasteiger partial charge in [-0.15, -0.1) is 0 Å². The van der Waals surface area contributed by atoms with Crippen LogP contribution in [0.1, 0.15) is 31.2 Å². The predicted molar refractivity (Wildman–Crippen MR) is 126 cm³/mol. The molecule has 0 unspecified atom stereocenters. The van der Waals surface area contributed by atoms with Crippen LogP contribution in [0.4, 0.5) is 15.9 Å². The van der Waals surface area contributed by atoms with Crippen molar-refractivity contribution in [3.05, 3.63) is 75.9 Å². The minimum atomic E-state index is -0.699. The number of aromatic nitrogens is 1. The number of nitro groups is 1. The fraction of sp³-hybridized carbons (Fsp3) is 0.417. The highest BCUT2D eigenvalue weighted by Crippen LogP contribution is 2.39. The molecule has 1 amide bonds. The first-order valence-electron chi connectivity index (χ1n) is 11.4. The van der Waals surface area contributed by atoms with Crippen LogP contribution in [0.15, 0.2) is 54.4 Å². The van der Waals surface area contributed by atoms with Crippen molar-refractivity contribution in [3.8, 4) is 0 Å². The first-order valence-corrected chi connectivity index (χ1v) is 11.4. The number of nitrogens with one attached hydrogen (secondary N) is 2. The van der Waals surface area contributed by atoms with Gasteiger partial charge in [-0.25, -0.2) is 9.37 Å². The smallest absolute Gasteiger partial charge is 0.287 e. The molecule has 2 aromatic rings. The maximum Gasteiger partial charge on any atom is 0.287 e. The Morgan fingerprint density at radius 1 is 1.26 bits per heavy atom. The molecule has 1 aliphatic rings. The van der Waals surface area contributed by atoms with Gasteiger partial charge in [0, 0.05) is 44.2 Å². The second-order valence-corrected chi connectivity index (χ2v) is 7.92. The number of rotatable bonds is 12. The van der Waals surface area contributed by atoms with E-state index in [-0.39, 0.29) is 42.3 Å². The molecule has 11 heteroatoms. The van der Waals surface area contributed by atoms with Gasteiger partial charge >= 0.3 is 0 Å². The van der Waals surface area contributed by atoms with Crippen LogP contribution in [0.5, 0.6) is 0 Å². The maximum atomic E-state index is 13.5. The number of benzene rings is 1. The zero-order valence-electron chi connectivity index (χ0n) is 19.4. The van der Waals surface area contributed by atoms with E-state index in [1.165, 1.54) is 24.3 Å². The van der Waals surface area contributed by atoms with E-state index < -0.39 is 17.1 Å². The Hall–Kier alpha value is -3.57. The minimum Gasteiger partial charge on any atom is -0.459 e. The Morgan fingerprint density at radius 3 is 2.66 bits per heavy atom. The van der Waals surface area contributed by atoms with Gasteiger partial charge in [-0.2, -0.15) is 0 Å². The number of halogens is 1. The molecule has 3 atom stereocenters. The summed E-state index contributed by atoms with van der Waals surface area (Å²) in [7, 11) is 0. The largest absolute Gasteiger partial charge is 0.459 e. The van der Waals surface area contributed by atoms with E-state index in [0.29, 0.717) is 31.8 Å². The molecular formula is C24H29FN4O6. The molecule has 3 rings (SSSR count). The summed E-state index contributed by atoms with van der Waals surface area (Å²) in [6.07, 6.45) is 3.30. The topological polar surface area (TPSA) is 136 Å². The third-order valence-corrected chi connectivity index (χ3v) is 5.57. The third kappa shape index (κ3) is 7.20. The van der Waals surface area contributed by atoms with Crippen molar-refractivity contribution in [1.82, 2.24) is 10.3 Å². The normalized spacial score (nSPS) is 19.4. The number of pyridine rings is 1. The molecule has 0 aliphatic carbocycles. The number of nitrogens with zero attached hydrogens (tertiary/aromatic N) is 2. The molecule has 188 valence electrons. The lowest BCUT2D eigenvalue weighted by Gasteiger charge is -2.37. The average molecular weight is 489 g/mol. The average Bonchev–Trinajstić information content (AvgIpc) is 2.86. The lowest BCUT2D eigenvalue weighted by molar-refractivity contribution is -0.385. The molecule has 1 aliphatic heterocycles. The zero-order valence-corrected chi connectivity index (χ0v) is 19.4. The summed E-state index contributed by atoms with van der Waals surface area (Å²) in [5, 5.41) is 25.8. The van der Waals surface area contributed by atoms with Crippen LogP contribution in [0.2, 0.25) is 0 Å². The van der Waals surface area contributed by atoms with Crippen LogP contribution in [-0.2, 0) is 14.3 Å². The zero-order chi connectivity index (χ0) is 25.2.